The number of alkyl halides is 2. The van der Waals surface area contributed by atoms with Gasteiger partial charge in [0.15, 0.2) is 0 Å². The van der Waals surface area contributed by atoms with Crippen LogP contribution in [0.15, 0.2) is 6.07 Å². The molecule has 1 heterocycles. The molecule has 0 aliphatic heterocycles. The van der Waals surface area contributed by atoms with E-state index >= 15 is 0 Å². The molecular formula is C8H2ClF2IN2O. The molecule has 0 aromatic carbocycles. The molecule has 0 aliphatic carbocycles. The minimum atomic E-state index is -2.74. The number of pyridine rings is 1. The van der Waals surface area contributed by atoms with Crippen LogP contribution in [0.4, 0.5) is 8.78 Å². The van der Waals surface area contributed by atoms with Gasteiger partial charge < -0.3 is 0 Å². The Morgan fingerprint density at radius 1 is 1.67 bits per heavy atom. The molecule has 15 heavy (non-hydrogen) atoms. The Hall–Kier alpha value is -0.810. The summed E-state index contributed by atoms with van der Waals surface area (Å²) in [5.41, 5.74) is -0.924. The van der Waals surface area contributed by atoms with Crippen LogP contribution in [0.5, 0.6) is 0 Å². The maximum Gasteiger partial charge on any atom is 0.272 e. The topological polar surface area (TPSA) is 53.8 Å². The SMILES string of the molecule is N#Cc1cc(C(F)F)c(I)nc1C(=O)Cl. The molecule has 1 aromatic rings. The maximum atomic E-state index is 12.4. The van der Waals surface area contributed by atoms with Crippen molar-refractivity contribution in [2.45, 2.75) is 6.43 Å². The van der Waals surface area contributed by atoms with E-state index in [-0.39, 0.29) is 20.5 Å². The lowest BCUT2D eigenvalue weighted by atomic mass is 10.1. The molecule has 3 nitrogen and oxygen atoms in total. The van der Waals surface area contributed by atoms with Crippen molar-refractivity contribution >= 4 is 39.4 Å². The normalized spacial score (nSPS) is 10.1. The highest BCUT2D eigenvalue weighted by Gasteiger charge is 2.19. The predicted octanol–water partition coefficient (Wildman–Crippen LogP) is 2.87. The molecule has 0 atom stereocenters. The zero-order valence-corrected chi connectivity index (χ0v) is 9.88. The van der Waals surface area contributed by atoms with Crippen molar-refractivity contribution in [1.82, 2.24) is 4.98 Å². The Labute approximate surface area is 102 Å². The monoisotopic (exact) mass is 342 g/mol. The minimum Gasteiger partial charge on any atom is -0.274 e. The van der Waals surface area contributed by atoms with Gasteiger partial charge in [0.05, 0.1) is 11.1 Å². The molecule has 0 fully saturated rings. The zero-order chi connectivity index (χ0) is 11.6. The molecule has 0 N–H and O–H groups in total. The molecule has 0 unspecified atom stereocenters. The van der Waals surface area contributed by atoms with Gasteiger partial charge in [0.1, 0.15) is 15.5 Å². The first-order chi connectivity index (χ1) is 6.97. The van der Waals surface area contributed by atoms with Crippen LogP contribution in [0.3, 0.4) is 0 Å². The Morgan fingerprint density at radius 2 is 2.27 bits per heavy atom. The number of nitrogens with zero attached hydrogens (tertiary/aromatic N) is 2. The van der Waals surface area contributed by atoms with Crippen molar-refractivity contribution < 1.29 is 13.6 Å². The average Bonchev–Trinajstić information content (AvgIpc) is 2.16. The van der Waals surface area contributed by atoms with E-state index in [1.165, 1.54) is 0 Å². The van der Waals surface area contributed by atoms with Crippen LogP contribution in [0.2, 0.25) is 0 Å². The van der Waals surface area contributed by atoms with Crippen LogP contribution in [0.1, 0.15) is 28.0 Å². The van der Waals surface area contributed by atoms with Crippen LogP contribution in [0.25, 0.3) is 0 Å². The number of halogens is 4. The molecule has 0 spiro atoms. The van der Waals surface area contributed by atoms with Crippen molar-refractivity contribution in [3.63, 3.8) is 0 Å². The zero-order valence-electron chi connectivity index (χ0n) is 6.97. The van der Waals surface area contributed by atoms with E-state index in [0.717, 1.165) is 6.07 Å². The fourth-order valence-electron chi connectivity index (χ4n) is 0.894. The Morgan fingerprint density at radius 3 is 2.67 bits per heavy atom. The summed E-state index contributed by atoms with van der Waals surface area (Å²) in [6.45, 7) is 0. The fraction of sp³-hybridized carbons (Fsp3) is 0.125. The van der Waals surface area contributed by atoms with Gasteiger partial charge in [-0.2, -0.15) is 5.26 Å². The van der Waals surface area contributed by atoms with Crippen LogP contribution in [0, 0.1) is 15.0 Å². The second-order valence-corrected chi connectivity index (χ2v) is 3.82. The van der Waals surface area contributed by atoms with Crippen LogP contribution in [-0.2, 0) is 0 Å². The number of nitriles is 1. The van der Waals surface area contributed by atoms with E-state index in [1.54, 1.807) is 28.7 Å². The molecule has 0 saturated heterocycles. The number of hydrogen-bond acceptors (Lipinski definition) is 3. The van der Waals surface area contributed by atoms with Gasteiger partial charge in [-0.25, -0.2) is 13.8 Å². The van der Waals surface area contributed by atoms with Crippen molar-refractivity contribution in [3.05, 3.63) is 26.6 Å². The summed E-state index contributed by atoms with van der Waals surface area (Å²) in [4.78, 5) is 14.4. The fourth-order valence-corrected chi connectivity index (χ4v) is 1.67. The molecule has 7 heteroatoms. The number of aromatic nitrogens is 1. The summed E-state index contributed by atoms with van der Waals surface area (Å²) < 4.78 is 24.8. The molecule has 0 aliphatic rings. The van der Waals surface area contributed by atoms with E-state index < -0.39 is 11.7 Å². The first kappa shape index (κ1) is 12.3. The van der Waals surface area contributed by atoms with E-state index in [9.17, 15) is 13.6 Å². The van der Waals surface area contributed by atoms with Gasteiger partial charge in [-0.05, 0) is 40.3 Å². The lowest BCUT2D eigenvalue weighted by Gasteiger charge is -2.05. The summed E-state index contributed by atoms with van der Waals surface area (Å²) >= 11 is 6.70. The summed E-state index contributed by atoms with van der Waals surface area (Å²) in [6, 6.07) is 2.52. The molecule has 0 radical (unpaired) electrons. The van der Waals surface area contributed by atoms with Gasteiger partial charge in [-0.1, -0.05) is 0 Å². The molecule has 0 amide bonds. The quantitative estimate of drug-likeness (QED) is 0.472. The smallest absolute Gasteiger partial charge is 0.272 e. The second kappa shape index (κ2) is 4.81. The van der Waals surface area contributed by atoms with E-state index in [2.05, 4.69) is 4.98 Å². The van der Waals surface area contributed by atoms with Crippen LogP contribution < -0.4 is 0 Å². The van der Waals surface area contributed by atoms with Gasteiger partial charge in [0.2, 0.25) is 0 Å². The van der Waals surface area contributed by atoms with E-state index in [0.29, 0.717) is 0 Å². The van der Waals surface area contributed by atoms with E-state index in [1.807, 2.05) is 0 Å². The standard InChI is InChI=1S/C8H2ClF2IN2O/c9-6(15)5-3(2-13)1-4(7(10)11)8(12)14-5/h1,7H. The predicted molar refractivity (Wildman–Crippen MR) is 56.8 cm³/mol. The molecule has 78 valence electrons. The summed E-state index contributed by atoms with van der Waals surface area (Å²) in [5, 5.41) is 7.68. The van der Waals surface area contributed by atoms with Gasteiger partial charge in [-0.3, -0.25) is 4.79 Å². The van der Waals surface area contributed by atoms with Crippen molar-refractivity contribution in [2.75, 3.05) is 0 Å². The van der Waals surface area contributed by atoms with E-state index in [4.69, 9.17) is 16.9 Å². The molecule has 0 bridgehead atoms. The van der Waals surface area contributed by atoms with Crippen LogP contribution in [-0.4, -0.2) is 10.2 Å². The molecular weight excluding hydrogens is 340 g/mol. The maximum absolute atomic E-state index is 12.4. The summed E-state index contributed by atoms with van der Waals surface area (Å²) in [6.07, 6.45) is -2.74. The lowest BCUT2D eigenvalue weighted by Crippen LogP contribution is -2.04. The van der Waals surface area contributed by atoms with Gasteiger partial charge in [0, 0.05) is 0 Å². The Balaban J connectivity index is 3.44. The second-order valence-electron chi connectivity index (χ2n) is 2.45. The minimum absolute atomic E-state index is 0.0365. The number of hydrogen-bond donors (Lipinski definition) is 0. The summed E-state index contributed by atoms with van der Waals surface area (Å²) in [7, 11) is 0. The van der Waals surface area contributed by atoms with Crippen molar-refractivity contribution in [3.8, 4) is 6.07 Å². The Kier molecular flexibility index (Phi) is 3.93. The number of carbonyl (C=O) groups excluding carboxylic acids is 1. The third-order valence-electron chi connectivity index (χ3n) is 1.54. The average molecular weight is 342 g/mol. The van der Waals surface area contributed by atoms with Gasteiger partial charge >= 0.3 is 0 Å². The molecule has 1 rings (SSSR count). The largest absolute Gasteiger partial charge is 0.274 e. The summed E-state index contributed by atoms with van der Waals surface area (Å²) in [5.74, 6) is 0. The number of rotatable bonds is 2. The van der Waals surface area contributed by atoms with Gasteiger partial charge in [-0.15, -0.1) is 0 Å². The first-order valence-corrected chi connectivity index (χ1v) is 5.01. The van der Waals surface area contributed by atoms with Gasteiger partial charge in [0.25, 0.3) is 11.7 Å². The van der Waals surface area contributed by atoms with Crippen molar-refractivity contribution in [1.29, 1.82) is 5.26 Å². The Bertz CT molecular complexity index is 459. The molecule has 1 aromatic heterocycles. The molecule has 0 saturated carbocycles. The lowest BCUT2D eigenvalue weighted by molar-refractivity contribution is 0.107. The van der Waals surface area contributed by atoms with Crippen molar-refractivity contribution in [2.24, 2.45) is 0 Å². The first-order valence-electron chi connectivity index (χ1n) is 3.56. The third-order valence-corrected chi connectivity index (χ3v) is 2.59. The van der Waals surface area contributed by atoms with Crippen LogP contribution >= 0.6 is 34.2 Å². The third kappa shape index (κ3) is 2.60. The highest BCUT2D eigenvalue weighted by Crippen LogP contribution is 2.25. The highest BCUT2D eigenvalue weighted by atomic mass is 127. The number of carbonyl (C=O) groups is 1. The highest BCUT2D eigenvalue weighted by molar-refractivity contribution is 14.1.